The first-order valence-corrected chi connectivity index (χ1v) is 7.90. The van der Waals surface area contributed by atoms with Crippen molar-refractivity contribution < 1.29 is 18.0 Å². The Bertz CT molecular complexity index is 748. The molecule has 1 aliphatic heterocycles. The summed E-state index contributed by atoms with van der Waals surface area (Å²) in [4.78, 5) is 16.4. The highest BCUT2D eigenvalue weighted by Gasteiger charge is 2.39. The highest BCUT2D eigenvalue weighted by Crippen LogP contribution is 2.35. The molecule has 0 saturated carbocycles. The summed E-state index contributed by atoms with van der Waals surface area (Å²) >= 11 is 7.27. The van der Waals surface area contributed by atoms with Crippen LogP contribution in [-0.2, 0) is 26.3 Å². The lowest BCUT2D eigenvalue weighted by molar-refractivity contribution is -0.141. The minimum Gasteiger partial charge on any atom is -0.345 e. The van der Waals surface area contributed by atoms with Gasteiger partial charge in [0.15, 0.2) is 10.9 Å². The quantitative estimate of drug-likeness (QED) is 0.906. The number of rotatable bonds is 3. The summed E-state index contributed by atoms with van der Waals surface area (Å²) in [6, 6.07) is 0. The van der Waals surface area contributed by atoms with Crippen LogP contribution in [0.5, 0.6) is 0 Å². The first kappa shape index (κ1) is 16.2. The molecule has 0 aromatic carbocycles. The van der Waals surface area contributed by atoms with E-state index >= 15 is 0 Å². The normalized spacial score (nSPS) is 14.1. The smallest absolute Gasteiger partial charge is 0.345 e. The van der Waals surface area contributed by atoms with Gasteiger partial charge in [0.1, 0.15) is 10.7 Å². The van der Waals surface area contributed by atoms with E-state index in [9.17, 15) is 18.0 Å². The van der Waals surface area contributed by atoms with E-state index in [4.69, 9.17) is 11.6 Å². The van der Waals surface area contributed by atoms with Gasteiger partial charge in [0, 0.05) is 25.5 Å². The molecule has 0 fully saturated rings. The fourth-order valence-electron chi connectivity index (χ4n) is 2.23. The van der Waals surface area contributed by atoms with Crippen LogP contribution in [0.1, 0.15) is 21.9 Å². The second-order valence-corrected chi connectivity index (χ2v) is 6.31. The van der Waals surface area contributed by atoms with Crippen LogP contribution in [0.25, 0.3) is 0 Å². The van der Waals surface area contributed by atoms with Crippen molar-refractivity contribution in [1.82, 2.24) is 24.6 Å². The van der Waals surface area contributed by atoms with Gasteiger partial charge in [-0.05, 0) is 0 Å². The predicted octanol–water partition coefficient (Wildman–Crippen LogP) is 2.32. The van der Waals surface area contributed by atoms with Crippen molar-refractivity contribution in [3.8, 4) is 0 Å². The van der Waals surface area contributed by atoms with Crippen LogP contribution >= 0.6 is 23.4 Å². The largest absolute Gasteiger partial charge is 0.436 e. The molecule has 3 heterocycles. The van der Waals surface area contributed by atoms with Crippen LogP contribution in [0.15, 0.2) is 11.4 Å². The van der Waals surface area contributed by atoms with Crippen LogP contribution in [0.3, 0.4) is 0 Å². The summed E-state index contributed by atoms with van der Waals surface area (Å²) in [5, 5.41) is 5.95. The van der Waals surface area contributed by atoms with Crippen LogP contribution in [0.2, 0.25) is 5.02 Å². The number of fused-ring (bicyclic) bond motifs is 1. The molecule has 0 unspecified atom stereocenters. The number of hydrogen-bond acceptors (Lipinski definition) is 4. The zero-order valence-electron chi connectivity index (χ0n) is 11.8. The van der Waals surface area contributed by atoms with Gasteiger partial charge in [-0.2, -0.15) is 18.3 Å². The van der Waals surface area contributed by atoms with Crippen LogP contribution in [0, 0.1) is 0 Å². The predicted molar refractivity (Wildman–Crippen MR) is 77.3 cm³/mol. The number of nitrogens with zero attached hydrogens (tertiary/aromatic N) is 4. The SMILES string of the molecule is Cn1nc(C(F)(F)F)c(Cl)c1C(=O)NCc1cn2c(n1)SCC2. The van der Waals surface area contributed by atoms with Crippen molar-refractivity contribution in [3.05, 3.63) is 28.3 Å². The monoisotopic (exact) mass is 365 g/mol. The van der Waals surface area contributed by atoms with Gasteiger partial charge in [-0.15, -0.1) is 0 Å². The lowest BCUT2D eigenvalue weighted by atomic mass is 10.3. The minimum atomic E-state index is -4.71. The molecular formula is C12H11ClF3N5OS. The molecule has 0 saturated heterocycles. The fourth-order valence-corrected chi connectivity index (χ4v) is 3.54. The van der Waals surface area contributed by atoms with Crippen molar-refractivity contribution in [3.63, 3.8) is 0 Å². The topological polar surface area (TPSA) is 64.7 Å². The molecule has 11 heteroatoms. The number of imidazole rings is 1. The number of halogens is 4. The van der Waals surface area contributed by atoms with E-state index in [1.165, 1.54) is 7.05 Å². The van der Waals surface area contributed by atoms with Gasteiger partial charge in [-0.1, -0.05) is 23.4 Å². The van der Waals surface area contributed by atoms with Crippen molar-refractivity contribution in [2.24, 2.45) is 7.05 Å². The lowest BCUT2D eigenvalue weighted by Crippen LogP contribution is -2.25. The summed E-state index contributed by atoms with van der Waals surface area (Å²) < 4.78 is 41.0. The fraction of sp³-hybridized carbons (Fsp3) is 0.417. The summed E-state index contributed by atoms with van der Waals surface area (Å²) in [5.74, 6) is 0.223. The standard InChI is InChI=1S/C12H11ClF3N5OS/c1-20-8(7(13)9(19-20)12(14,15)16)10(22)17-4-6-5-21-2-3-23-11(21)18-6/h5H,2-4H2,1H3,(H,17,22). The van der Waals surface area contributed by atoms with Gasteiger partial charge < -0.3 is 9.88 Å². The van der Waals surface area contributed by atoms with E-state index in [0.717, 1.165) is 22.1 Å². The van der Waals surface area contributed by atoms with Crippen molar-refractivity contribution >= 4 is 29.3 Å². The van der Waals surface area contributed by atoms with Crippen LogP contribution in [-0.4, -0.2) is 31.0 Å². The third-order valence-electron chi connectivity index (χ3n) is 3.26. The second kappa shape index (κ2) is 5.75. The summed E-state index contributed by atoms with van der Waals surface area (Å²) in [6.45, 7) is 0.950. The molecule has 1 amide bonds. The Balaban J connectivity index is 1.74. The van der Waals surface area contributed by atoms with Crippen molar-refractivity contribution in [1.29, 1.82) is 0 Å². The van der Waals surface area contributed by atoms with Crippen LogP contribution < -0.4 is 5.32 Å². The van der Waals surface area contributed by atoms with E-state index < -0.39 is 22.8 Å². The number of aromatic nitrogens is 4. The van der Waals surface area contributed by atoms with E-state index in [2.05, 4.69) is 15.4 Å². The zero-order valence-corrected chi connectivity index (χ0v) is 13.4. The molecule has 1 N–H and O–H groups in total. The molecule has 2 aromatic rings. The number of nitrogens with one attached hydrogen (secondary N) is 1. The van der Waals surface area contributed by atoms with E-state index in [1.54, 1.807) is 11.8 Å². The number of aryl methyl sites for hydroxylation is 2. The van der Waals surface area contributed by atoms with Gasteiger partial charge in [0.2, 0.25) is 0 Å². The van der Waals surface area contributed by atoms with Crippen molar-refractivity contribution in [2.75, 3.05) is 5.75 Å². The summed E-state index contributed by atoms with van der Waals surface area (Å²) in [6.07, 6.45) is -2.91. The Morgan fingerprint density at radius 1 is 1.52 bits per heavy atom. The van der Waals surface area contributed by atoms with Gasteiger partial charge in [-0.3, -0.25) is 9.48 Å². The Hall–Kier alpha value is -1.68. The molecule has 2 aromatic heterocycles. The Labute approximate surface area is 138 Å². The first-order valence-electron chi connectivity index (χ1n) is 6.54. The maximum Gasteiger partial charge on any atom is 0.436 e. The second-order valence-electron chi connectivity index (χ2n) is 4.87. The van der Waals surface area contributed by atoms with Gasteiger partial charge in [-0.25, -0.2) is 4.98 Å². The maximum absolute atomic E-state index is 12.7. The molecule has 0 bridgehead atoms. The van der Waals surface area contributed by atoms with Gasteiger partial charge >= 0.3 is 6.18 Å². The highest BCUT2D eigenvalue weighted by atomic mass is 35.5. The maximum atomic E-state index is 12.7. The first-order chi connectivity index (χ1) is 10.8. The molecule has 6 nitrogen and oxygen atoms in total. The molecule has 1 aliphatic rings. The summed E-state index contributed by atoms with van der Waals surface area (Å²) in [7, 11) is 1.23. The van der Waals surface area contributed by atoms with E-state index in [1.807, 2.05) is 10.8 Å². The third kappa shape index (κ3) is 3.05. The molecule has 0 atom stereocenters. The highest BCUT2D eigenvalue weighted by molar-refractivity contribution is 7.99. The number of hydrogen-bond donors (Lipinski definition) is 1. The average molecular weight is 366 g/mol. The Kier molecular flexibility index (Phi) is 4.05. The molecule has 0 radical (unpaired) electrons. The van der Waals surface area contributed by atoms with E-state index in [-0.39, 0.29) is 12.2 Å². The molecule has 3 rings (SSSR count). The zero-order chi connectivity index (χ0) is 16.8. The third-order valence-corrected chi connectivity index (χ3v) is 4.58. The number of amides is 1. The van der Waals surface area contributed by atoms with Crippen molar-refractivity contribution in [2.45, 2.75) is 24.4 Å². The molecule has 23 heavy (non-hydrogen) atoms. The average Bonchev–Trinajstić information content (AvgIpc) is 3.08. The lowest BCUT2D eigenvalue weighted by Gasteiger charge is -2.04. The number of carbonyl (C=O) groups is 1. The minimum absolute atomic E-state index is 0.0995. The number of alkyl halides is 3. The molecule has 0 spiro atoms. The summed E-state index contributed by atoms with van der Waals surface area (Å²) in [5.41, 5.74) is -0.973. The van der Waals surface area contributed by atoms with E-state index in [0.29, 0.717) is 5.69 Å². The molecule has 124 valence electrons. The van der Waals surface area contributed by atoms with Gasteiger partial charge in [0.05, 0.1) is 12.2 Å². The number of thioether (sulfide) groups is 1. The Morgan fingerprint density at radius 2 is 2.26 bits per heavy atom. The Morgan fingerprint density at radius 3 is 2.87 bits per heavy atom. The van der Waals surface area contributed by atoms with Gasteiger partial charge in [0.25, 0.3) is 5.91 Å². The van der Waals surface area contributed by atoms with Crippen LogP contribution in [0.4, 0.5) is 13.2 Å². The molecular weight excluding hydrogens is 355 g/mol. The number of carbonyl (C=O) groups excluding carboxylic acids is 1. The molecule has 0 aliphatic carbocycles.